The van der Waals surface area contributed by atoms with Gasteiger partial charge in [-0.05, 0) is 25.3 Å². The minimum Gasteiger partial charge on any atom is -0.398 e. The molecule has 3 heterocycles. The molecule has 0 radical (unpaired) electrons. The lowest BCUT2D eigenvalue weighted by Gasteiger charge is -2.26. The van der Waals surface area contributed by atoms with E-state index in [-0.39, 0.29) is 12.0 Å². The summed E-state index contributed by atoms with van der Waals surface area (Å²) in [6, 6.07) is 5.90. The Bertz CT molecular complexity index is 821. The molecule has 1 aromatic heterocycles. The summed E-state index contributed by atoms with van der Waals surface area (Å²) >= 11 is 0. The number of rotatable bonds is 5. The van der Waals surface area contributed by atoms with Crippen LogP contribution in [0.15, 0.2) is 27.7 Å². The van der Waals surface area contributed by atoms with Gasteiger partial charge in [-0.15, -0.1) is 0 Å². The Morgan fingerprint density at radius 2 is 2.11 bits per heavy atom. The number of carbonyl (C=O) groups excluding carboxylic acids is 1. The van der Waals surface area contributed by atoms with Crippen molar-refractivity contribution in [3.63, 3.8) is 0 Å². The largest absolute Gasteiger partial charge is 0.398 e. The maximum atomic E-state index is 10.8. The van der Waals surface area contributed by atoms with Crippen molar-refractivity contribution in [2.45, 2.75) is 31.2 Å². The van der Waals surface area contributed by atoms with Crippen LogP contribution >= 0.6 is 0 Å². The van der Waals surface area contributed by atoms with Crippen LogP contribution in [-0.4, -0.2) is 60.0 Å². The molecule has 2 aromatic rings. The van der Waals surface area contributed by atoms with Gasteiger partial charge in [-0.3, -0.25) is 9.79 Å². The lowest BCUT2D eigenvalue weighted by Crippen LogP contribution is -2.31. The van der Waals surface area contributed by atoms with Crippen LogP contribution in [0.4, 0.5) is 5.69 Å². The number of ether oxygens (including phenoxy) is 1. The normalized spacial score (nSPS) is 21.2. The Labute approximate surface area is 157 Å². The van der Waals surface area contributed by atoms with Crippen LogP contribution in [0.25, 0.3) is 11.4 Å². The number of hydrogen-bond donors (Lipinski definition) is 1. The highest BCUT2D eigenvalue weighted by Gasteiger charge is 2.25. The van der Waals surface area contributed by atoms with Gasteiger partial charge in [0.2, 0.25) is 18.1 Å². The molecule has 4 rings (SSSR count). The smallest absolute Gasteiger partial charge is 0.230 e. The molecule has 2 N–H and O–H groups in total. The van der Waals surface area contributed by atoms with E-state index in [4.69, 9.17) is 15.0 Å². The molecule has 0 aliphatic carbocycles. The first-order chi connectivity index (χ1) is 13.2. The molecule has 1 unspecified atom stereocenters. The quantitative estimate of drug-likeness (QED) is 0.490. The van der Waals surface area contributed by atoms with Crippen molar-refractivity contribution >= 4 is 18.3 Å². The number of likely N-dealkylation sites (tertiary alicyclic amines) is 1. The molecule has 0 bridgehead atoms. The van der Waals surface area contributed by atoms with Gasteiger partial charge in [0, 0.05) is 48.6 Å². The van der Waals surface area contributed by atoms with Crippen LogP contribution in [-0.2, 0) is 9.53 Å². The summed E-state index contributed by atoms with van der Waals surface area (Å²) in [6.07, 6.45) is 5.32. The molecule has 8 nitrogen and oxygen atoms in total. The fourth-order valence-electron chi connectivity index (χ4n) is 3.43. The first kappa shape index (κ1) is 17.7. The van der Waals surface area contributed by atoms with E-state index in [0.29, 0.717) is 24.0 Å². The standard InChI is InChI=1S/C19H23N5O3/c20-17-9-14(1-2-15(17)10-21-16-5-8-26-11-16)18-22-19(27-23-18)13-3-6-24(12-25)7-4-13/h1-2,9-10,12-13,16H,3-8,11,20H2. The Balaban J connectivity index is 1.45. The molecule has 2 saturated heterocycles. The Hall–Kier alpha value is -2.74. The molecular weight excluding hydrogens is 346 g/mol. The number of nitrogen functional groups attached to an aromatic ring is 1. The number of hydrogen-bond acceptors (Lipinski definition) is 7. The summed E-state index contributed by atoms with van der Waals surface area (Å²) in [7, 11) is 0. The molecule has 1 amide bonds. The summed E-state index contributed by atoms with van der Waals surface area (Å²) in [5.74, 6) is 1.35. The zero-order valence-corrected chi connectivity index (χ0v) is 15.1. The average molecular weight is 369 g/mol. The van der Waals surface area contributed by atoms with Crippen LogP contribution in [0, 0.1) is 0 Å². The van der Waals surface area contributed by atoms with Gasteiger partial charge in [-0.2, -0.15) is 4.98 Å². The highest BCUT2D eigenvalue weighted by Crippen LogP contribution is 2.29. The van der Waals surface area contributed by atoms with Gasteiger partial charge < -0.3 is 19.9 Å². The molecular formula is C19H23N5O3. The van der Waals surface area contributed by atoms with Crippen LogP contribution in [0.3, 0.4) is 0 Å². The fourth-order valence-corrected chi connectivity index (χ4v) is 3.43. The summed E-state index contributed by atoms with van der Waals surface area (Å²) in [4.78, 5) is 21.7. The van der Waals surface area contributed by atoms with Crippen molar-refractivity contribution in [1.82, 2.24) is 15.0 Å². The maximum absolute atomic E-state index is 10.8. The monoisotopic (exact) mass is 369 g/mol. The van der Waals surface area contributed by atoms with Crippen LogP contribution < -0.4 is 5.73 Å². The predicted octanol–water partition coefficient (Wildman–Crippen LogP) is 1.86. The summed E-state index contributed by atoms with van der Waals surface area (Å²) in [5.41, 5.74) is 8.49. The van der Waals surface area contributed by atoms with Gasteiger partial charge in [0.25, 0.3) is 0 Å². The number of aromatic nitrogens is 2. The molecule has 0 spiro atoms. The summed E-state index contributed by atoms with van der Waals surface area (Å²) < 4.78 is 10.8. The van der Waals surface area contributed by atoms with Gasteiger partial charge in [-0.1, -0.05) is 17.3 Å². The molecule has 142 valence electrons. The molecule has 2 fully saturated rings. The highest BCUT2D eigenvalue weighted by atomic mass is 16.5. The topological polar surface area (TPSA) is 107 Å². The number of anilines is 1. The molecule has 1 aromatic carbocycles. The predicted molar refractivity (Wildman–Crippen MR) is 101 cm³/mol. The number of carbonyl (C=O) groups is 1. The lowest BCUT2D eigenvalue weighted by atomic mass is 9.97. The van der Waals surface area contributed by atoms with Crippen molar-refractivity contribution in [2.75, 3.05) is 32.0 Å². The third kappa shape index (κ3) is 4.00. The van der Waals surface area contributed by atoms with E-state index in [0.717, 1.165) is 56.5 Å². The van der Waals surface area contributed by atoms with Crippen molar-refractivity contribution in [3.8, 4) is 11.4 Å². The second-order valence-corrected chi connectivity index (χ2v) is 7.01. The van der Waals surface area contributed by atoms with E-state index < -0.39 is 0 Å². The second-order valence-electron chi connectivity index (χ2n) is 7.01. The van der Waals surface area contributed by atoms with Crippen molar-refractivity contribution in [1.29, 1.82) is 0 Å². The van der Waals surface area contributed by atoms with Crippen LogP contribution in [0.5, 0.6) is 0 Å². The van der Waals surface area contributed by atoms with E-state index in [9.17, 15) is 4.79 Å². The van der Waals surface area contributed by atoms with Gasteiger partial charge in [0.1, 0.15) is 0 Å². The van der Waals surface area contributed by atoms with Gasteiger partial charge >= 0.3 is 0 Å². The Kier molecular flexibility index (Phi) is 5.15. The average Bonchev–Trinajstić information content (AvgIpc) is 3.39. The third-order valence-corrected chi connectivity index (χ3v) is 5.14. The van der Waals surface area contributed by atoms with E-state index >= 15 is 0 Å². The summed E-state index contributed by atoms with van der Waals surface area (Å²) in [5, 5.41) is 4.11. The third-order valence-electron chi connectivity index (χ3n) is 5.14. The van der Waals surface area contributed by atoms with Crippen molar-refractivity contribution in [3.05, 3.63) is 29.7 Å². The van der Waals surface area contributed by atoms with E-state index in [1.807, 2.05) is 18.2 Å². The maximum Gasteiger partial charge on any atom is 0.230 e. The van der Waals surface area contributed by atoms with Crippen LogP contribution in [0.1, 0.15) is 36.6 Å². The van der Waals surface area contributed by atoms with E-state index in [1.54, 1.807) is 11.1 Å². The van der Waals surface area contributed by atoms with Crippen molar-refractivity contribution < 1.29 is 14.1 Å². The number of nitrogens with zero attached hydrogens (tertiary/aromatic N) is 4. The van der Waals surface area contributed by atoms with Gasteiger partial charge in [0.05, 0.1) is 12.6 Å². The van der Waals surface area contributed by atoms with Crippen LogP contribution in [0.2, 0.25) is 0 Å². The molecule has 8 heteroatoms. The van der Waals surface area contributed by atoms with Gasteiger partial charge in [0.15, 0.2) is 0 Å². The molecule has 0 saturated carbocycles. The number of amides is 1. The number of nitrogens with two attached hydrogens (primary N) is 1. The minimum atomic E-state index is 0.194. The first-order valence-corrected chi connectivity index (χ1v) is 9.26. The first-order valence-electron chi connectivity index (χ1n) is 9.26. The van der Waals surface area contributed by atoms with E-state index in [1.165, 1.54) is 0 Å². The minimum absolute atomic E-state index is 0.194. The molecule has 1 atom stereocenters. The van der Waals surface area contributed by atoms with E-state index in [2.05, 4.69) is 15.1 Å². The summed E-state index contributed by atoms with van der Waals surface area (Å²) in [6.45, 7) is 2.88. The zero-order valence-electron chi connectivity index (χ0n) is 15.1. The second kappa shape index (κ2) is 7.87. The number of benzene rings is 1. The Morgan fingerprint density at radius 3 is 2.81 bits per heavy atom. The lowest BCUT2D eigenvalue weighted by molar-refractivity contribution is -0.119. The molecule has 27 heavy (non-hydrogen) atoms. The fraction of sp³-hybridized carbons (Fsp3) is 0.474. The number of aliphatic imine (C=N–C) groups is 1. The number of piperidine rings is 1. The highest BCUT2D eigenvalue weighted by molar-refractivity contribution is 5.88. The molecule has 2 aliphatic rings. The SMILES string of the molecule is Nc1cc(-c2noc(C3CCN(C=O)CC3)n2)ccc1C=NC1CCOC1. The van der Waals surface area contributed by atoms with Crippen molar-refractivity contribution in [2.24, 2.45) is 4.99 Å². The van der Waals surface area contributed by atoms with Gasteiger partial charge in [-0.25, -0.2) is 0 Å². The Morgan fingerprint density at radius 1 is 1.26 bits per heavy atom. The molecule has 2 aliphatic heterocycles. The zero-order chi connectivity index (χ0) is 18.6.